The summed E-state index contributed by atoms with van der Waals surface area (Å²) in [6.07, 6.45) is 1.60. The van der Waals surface area contributed by atoms with Gasteiger partial charge in [-0.05, 0) is 29.8 Å². The first kappa shape index (κ1) is 11.3. The van der Waals surface area contributed by atoms with Crippen molar-refractivity contribution in [2.24, 2.45) is 5.84 Å². The molecule has 88 valence electrons. The van der Waals surface area contributed by atoms with Gasteiger partial charge in [-0.15, -0.1) is 0 Å². The fourth-order valence-corrected chi connectivity index (χ4v) is 1.40. The number of halogens is 1. The number of nitrogen functional groups attached to an aromatic ring is 1. The molecule has 0 aliphatic heterocycles. The summed E-state index contributed by atoms with van der Waals surface area (Å²) in [5.74, 6) is 5.98. The number of nitrogens with zero attached hydrogens (tertiary/aromatic N) is 1. The Kier molecular flexibility index (Phi) is 3.52. The number of rotatable bonds is 4. The van der Waals surface area contributed by atoms with E-state index in [1.165, 1.54) is 12.1 Å². The van der Waals surface area contributed by atoms with Crippen LogP contribution in [-0.2, 0) is 6.61 Å². The van der Waals surface area contributed by atoms with Crippen LogP contribution in [0.5, 0.6) is 5.75 Å². The van der Waals surface area contributed by atoms with Gasteiger partial charge in [-0.3, -0.25) is 0 Å². The zero-order valence-electron chi connectivity index (χ0n) is 9.06. The number of hydrogen-bond donors (Lipinski definition) is 2. The monoisotopic (exact) mass is 233 g/mol. The Hall–Kier alpha value is -2.14. The lowest BCUT2D eigenvalue weighted by Gasteiger charge is -2.09. The first-order valence-electron chi connectivity index (χ1n) is 5.08. The van der Waals surface area contributed by atoms with Gasteiger partial charge in [0.25, 0.3) is 0 Å². The molecular weight excluding hydrogens is 221 g/mol. The Labute approximate surface area is 98.2 Å². The maximum atomic E-state index is 12.9. The topological polar surface area (TPSA) is 60.2 Å². The van der Waals surface area contributed by atoms with Crippen LogP contribution < -0.4 is 16.0 Å². The van der Waals surface area contributed by atoms with E-state index in [2.05, 4.69) is 10.4 Å². The molecule has 3 N–H and O–H groups in total. The number of nitrogens with two attached hydrogens (primary N) is 1. The molecule has 1 heterocycles. The fourth-order valence-electron chi connectivity index (χ4n) is 1.40. The van der Waals surface area contributed by atoms with E-state index in [9.17, 15) is 4.39 Å². The lowest BCUT2D eigenvalue weighted by atomic mass is 10.2. The Morgan fingerprint density at radius 1 is 1.29 bits per heavy atom. The van der Waals surface area contributed by atoms with E-state index >= 15 is 0 Å². The molecule has 2 rings (SSSR count). The molecule has 0 bridgehead atoms. The number of aromatic nitrogens is 1. The fraction of sp³-hybridized carbons (Fsp3) is 0.0833. The van der Waals surface area contributed by atoms with Crippen molar-refractivity contribution in [1.29, 1.82) is 0 Å². The lowest BCUT2D eigenvalue weighted by Crippen LogP contribution is -2.10. The van der Waals surface area contributed by atoms with Gasteiger partial charge >= 0.3 is 0 Å². The van der Waals surface area contributed by atoms with Crippen LogP contribution in [-0.4, -0.2) is 4.98 Å². The Balaban J connectivity index is 2.07. The van der Waals surface area contributed by atoms with Gasteiger partial charge in [0.1, 0.15) is 12.4 Å². The standard InChI is InChI=1S/C12H12FN3O/c13-10-4-1-3-9(7-10)8-17-11-5-2-6-15-12(11)16-14/h1-7H,8,14H2,(H,15,16). The molecule has 4 nitrogen and oxygen atoms in total. The van der Waals surface area contributed by atoms with Gasteiger partial charge in [-0.25, -0.2) is 15.2 Å². The van der Waals surface area contributed by atoms with Gasteiger partial charge in [0.15, 0.2) is 11.6 Å². The highest BCUT2D eigenvalue weighted by Crippen LogP contribution is 2.20. The third kappa shape index (κ3) is 2.92. The van der Waals surface area contributed by atoms with E-state index in [1.807, 2.05) is 0 Å². The minimum Gasteiger partial charge on any atom is -0.485 e. The molecule has 2 aromatic rings. The molecule has 0 aliphatic rings. The average molecular weight is 233 g/mol. The van der Waals surface area contributed by atoms with E-state index < -0.39 is 0 Å². The summed E-state index contributed by atoms with van der Waals surface area (Å²) in [6, 6.07) is 9.71. The number of anilines is 1. The maximum Gasteiger partial charge on any atom is 0.182 e. The van der Waals surface area contributed by atoms with Crippen LogP contribution in [0.25, 0.3) is 0 Å². The molecule has 1 aromatic carbocycles. The quantitative estimate of drug-likeness (QED) is 0.627. The second-order valence-corrected chi connectivity index (χ2v) is 3.41. The van der Waals surface area contributed by atoms with E-state index in [4.69, 9.17) is 10.6 Å². The molecule has 1 aromatic heterocycles. The normalized spacial score (nSPS) is 10.0. The summed E-state index contributed by atoms with van der Waals surface area (Å²) in [5.41, 5.74) is 3.18. The number of ether oxygens (including phenoxy) is 1. The van der Waals surface area contributed by atoms with Crippen molar-refractivity contribution in [3.63, 3.8) is 0 Å². The predicted molar refractivity (Wildman–Crippen MR) is 62.8 cm³/mol. The molecule has 0 spiro atoms. The van der Waals surface area contributed by atoms with E-state index in [0.717, 1.165) is 5.56 Å². The molecule has 0 unspecified atom stereocenters. The first-order valence-corrected chi connectivity index (χ1v) is 5.08. The first-order chi connectivity index (χ1) is 8.29. The van der Waals surface area contributed by atoms with Crippen LogP contribution in [0.15, 0.2) is 42.6 Å². The largest absolute Gasteiger partial charge is 0.485 e. The highest BCUT2D eigenvalue weighted by Gasteiger charge is 2.03. The number of nitrogens with one attached hydrogen (secondary N) is 1. The van der Waals surface area contributed by atoms with Crippen molar-refractivity contribution >= 4 is 5.82 Å². The van der Waals surface area contributed by atoms with Crippen molar-refractivity contribution in [3.8, 4) is 5.75 Å². The summed E-state index contributed by atoms with van der Waals surface area (Å²) in [6.45, 7) is 0.262. The zero-order chi connectivity index (χ0) is 12.1. The average Bonchev–Trinajstić information content (AvgIpc) is 2.37. The van der Waals surface area contributed by atoms with Crippen LogP contribution in [0.2, 0.25) is 0 Å². The summed E-state index contributed by atoms with van der Waals surface area (Å²) >= 11 is 0. The summed E-state index contributed by atoms with van der Waals surface area (Å²) in [4.78, 5) is 3.99. The zero-order valence-corrected chi connectivity index (χ0v) is 9.06. The van der Waals surface area contributed by atoms with Crippen LogP contribution in [0, 0.1) is 5.82 Å². The molecular formula is C12H12FN3O. The van der Waals surface area contributed by atoms with Crippen molar-refractivity contribution in [3.05, 3.63) is 54.0 Å². The molecule has 0 radical (unpaired) electrons. The number of benzene rings is 1. The Morgan fingerprint density at radius 3 is 2.94 bits per heavy atom. The number of hydrogen-bond acceptors (Lipinski definition) is 4. The van der Waals surface area contributed by atoms with Gasteiger partial charge in [0.2, 0.25) is 0 Å². The molecule has 0 amide bonds. The third-order valence-electron chi connectivity index (χ3n) is 2.19. The van der Waals surface area contributed by atoms with E-state index in [-0.39, 0.29) is 12.4 Å². The van der Waals surface area contributed by atoms with Gasteiger partial charge in [0.05, 0.1) is 0 Å². The Morgan fingerprint density at radius 2 is 2.18 bits per heavy atom. The van der Waals surface area contributed by atoms with Crippen molar-refractivity contribution in [2.45, 2.75) is 6.61 Å². The number of pyridine rings is 1. The molecule has 17 heavy (non-hydrogen) atoms. The van der Waals surface area contributed by atoms with Crippen LogP contribution >= 0.6 is 0 Å². The minimum atomic E-state index is -0.283. The molecule has 5 heteroatoms. The van der Waals surface area contributed by atoms with Gasteiger partial charge in [0, 0.05) is 6.20 Å². The second-order valence-electron chi connectivity index (χ2n) is 3.41. The molecule has 0 saturated carbocycles. The molecule has 0 atom stereocenters. The van der Waals surface area contributed by atoms with Crippen LogP contribution in [0.3, 0.4) is 0 Å². The third-order valence-corrected chi connectivity index (χ3v) is 2.19. The summed E-state index contributed by atoms with van der Waals surface area (Å²) in [5, 5.41) is 0. The highest BCUT2D eigenvalue weighted by molar-refractivity contribution is 5.48. The van der Waals surface area contributed by atoms with Crippen molar-refractivity contribution in [2.75, 3.05) is 5.43 Å². The second kappa shape index (κ2) is 5.27. The summed E-state index contributed by atoms with van der Waals surface area (Å²) in [7, 11) is 0. The van der Waals surface area contributed by atoms with Gasteiger partial charge in [-0.1, -0.05) is 12.1 Å². The van der Waals surface area contributed by atoms with E-state index in [0.29, 0.717) is 11.6 Å². The summed E-state index contributed by atoms with van der Waals surface area (Å²) < 4.78 is 18.4. The van der Waals surface area contributed by atoms with E-state index in [1.54, 1.807) is 30.5 Å². The molecule has 0 fully saturated rings. The number of hydrazine groups is 1. The van der Waals surface area contributed by atoms with Gasteiger partial charge in [-0.2, -0.15) is 0 Å². The minimum absolute atomic E-state index is 0.262. The SMILES string of the molecule is NNc1ncccc1OCc1cccc(F)c1. The van der Waals surface area contributed by atoms with Gasteiger partial charge < -0.3 is 10.2 Å². The molecule has 0 aliphatic carbocycles. The lowest BCUT2D eigenvalue weighted by molar-refractivity contribution is 0.306. The van der Waals surface area contributed by atoms with Crippen molar-refractivity contribution in [1.82, 2.24) is 4.98 Å². The van der Waals surface area contributed by atoms with Crippen LogP contribution in [0.4, 0.5) is 10.2 Å². The Bertz CT molecular complexity index is 505. The maximum absolute atomic E-state index is 12.9. The van der Waals surface area contributed by atoms with Crippen molar-refractivity contribution < 1.29 is 9.13 Å². The van der Waals surface area contributed by atoms with Crippen LogP contribution in [0.1, 0.15) is 5.56 Å². The highest BCUT2D eigenvalue weighted by atomic mass is 19.1. The molecule has 0 saturated heterocycles. The smallest absolute Gasteiger partial charge is 0.182 e. The predicted octanol–water partition coefficient (Wildman–Crippen LogP) is 2.09.